The Morgan fingerprint density at radius 1 is 0.343 bits per heavy atom. The van der Waals surface area contributed by atoms with Gasteiger partial charge in [0.2, 0.25) is 0 Å². The molecular weight excluding hydrogens is 953 g/mol. The molecule has 0 aliphatic rings. The normalized spacial score (nSPS) is 14.3. The number of hydrogen-bond acceptors (Lipinski definition) is 4. The first-order valence-corrected chi connectivity index (χ1v) is 44.2. The van der Waals surface area contributed by atoms with Crippen LogP contribution in [0.3, 0.4) is 0 Å². The fourth-order valence-corrected chi connectivity index (χ4v) is 10.7. The summed E-state index contributed by atoms with van der Waals surface area (Å²) in [6.45, 7) is 61.2. The van der Waals surface area contributed by atoms with E-state index in [-0.39, 0.29) is 20.2 Å². The molecule has 0 aliphatic carbocycles. The maximum absolute atomic E-state index is 7.01. The van der Waals surface area contributed by atoms with Crippen molar-refractivity contribution in [2.24, 2.45) is 0 Å². The van der Waals surface area contributed by atoms with E-state index in [1.807, 2.05) is 0 Å². The van der Waals surface area contributed by atoms with Gasteiger partial charge in [-0.25, -0.2) is 0 Å². The smallest absolute Gasteiger partial charge is 0.192 e. The highest BCUT2D eigenvalue weighted by molar-refractivity contribution is 6.84. The van der Waals surface area contributed by atoms with E-state index in [2.05, 4.69) is 270 Å². The molecule has 70 heavy (non-hydrogen) atoms. The van der Waals surface area contributed by atoms with Crippen LogP contribution in [0.4, 0.5) is 0 Å². The molecule has 0 unspecified atom stereocenters. The van der Waals surface area contributed by atoms with Crippen LogP contribution in [-0.4, -0.2) is 75.8 Å². The van der Waals surface area contributed by atoms with Crippen molar-refractivity contribution in [3.05, 3.63) is 82.0 Å². The Balaban J connectivity index is 2.54. The molecule has 3 aromatic carbocycles. The zero-order valence-electron chi connectivity index (χ0n) is 49.1. The predicted octanol–water partition coefficient (Wildman–Crippen LogP) is 17.1. The Bertz CT molecular complexity index is 2440. The van der Waals surface area contributed by atoms with Crippen molar-refractivity contribution in [3.63, 3.8) is 0 Å². The molecule has 0 spiro atoms. The highest BCUT2D eigenvalue weighted by Gasteiger charge is 2.40. The lowest BCUT2D eigenvalue weighted by Gasteiger charge is -2.37. The summed E-state index contributed by atoms with van der Waals surface area (Å²) in [5, 5.41) is 4.37. The Labute approximate surface area is 435 Å². The van der Waals surface area contributed by atoms with Gasteiger partial charge in [0.1, 0.15) is 16.1 Å². The predicted molar refractivity (Wildman–Crippen MR) is 324 cm³/mol. The molecule has 0 aliphatic heterocycles. The Morgan fingerprint density at radius 3 is 0.729 bits per heavy atom. The van der Waals surface area contributed by atoms with Crippen LogP contribution in [-0.2, 0) is 17.7 Å². The van der Waals surface area contributed by atoms with Crippen molar-refractivity contribution in [2.45, 2.75) is 195 Å². The van der Waals surface area contributed by atoms with E-state index in [1.54, 1.807) is 0 Å². The summed E-state index contributed by atoms with van der Waals surface area (Å²) in [6.07, 6.45) is 0. The Kier molecular flexibility index (Phi) is 19.9. The Morgan fingerprint density at radius 2 is 0.543 bits per heavy atom. The summed E-state index contributed by atoms with van der Waals surface area (Å²) in [4.78, 5) is 0. The van der Waals surface area contributed by atoms with Gasteiger partial charge in [-0.1, -0.05) is 206 Å². The molecule has 0 saturated carbocycles. The molecule has 382 valence electrons. The second kappa shape index (κ2) is 22.7. The molecule has 0 atom stereocenters. The minimum atomic E-state index is -2.17. The lowest BCUT2D eigenvalue weighted by molar-refractivity contribution is 0.308. The van der Waals surface area contributed by atoms with Crippen LogP contribution in [0.2, 0.25) is 112 Å². The summed E-state index contributed by atoms with van der Waals surface area (Å²) in [5.74, 6) is 22.4. The van der Waals surface area contributed by atoms with E-state index in [0.717, 1.165) is 55.0 Å². The third-order valence-corrected chi connectivity index (χ3v) is 34.7. The standard InChI is InChI=1S/C60H94O4Si6/c1-57(2,3)67(19,20)61-43-47(49(39-41-65(13,14)15)45-63-69(23,24)59(7,8)9)35-37-55-51-31-27-29-33-53(51)56(54-34-30-28-32-52(54)55)38-36-48(44-62-68(21,22)58(4,5)6)50(40-42-66(16,17)18)46-64-70(25,26)60(10,11)12/h27-34H,43-46H2,1-26H3/b49-47+,50-48+. The summed E-state index contributed by atoms with van der Waals surface area (Å²) >= 11 is 0. The molecule has 3 rings (SSSR count). The third-order valence-electron chi connectivity index (χ3n) is 15.0. The van der Waals surface area contributed by atoms with Crippen molar-refractivity contribution >= 4 is 71.0 Å². The van der Waals surface area contributed by atoms with E-state index in [4.69, 9.17) is 17.7 Å². The topological polar surface area (TPSA) is 36.9 Å². The van der Waals surface area contributed by atoms with Crippen molar-refractivity contribution in [2.75, 3.05) is 26.4 Å². The average Bonchev–Trinajstić information content (AvgIpc) is 3.19. The molecule has 0 fully saturated rings. The second-order valence-corrected chi connectivity index (χ2v) is 56.2. The summed E-state index contributed by atoms with van der Waals surface area (Å²) in [6, 6.07) is 17.2. The Hall–Kier alpha value is -2.96. The van der Waals surface area contributed by atoms with Crippen molar-refractivity contribution in [1.29, 1.82) is 0 Å². The van der Waals surface area contributed by atoms with E-state index in [1.165, 1.54) is 0 Å². The van der Waals surface area contributed by atoms with Crippen molar-refractivity contribution in [1.82, 2.24) is 0 Å². The molecule has 0 N–H and O–H groups in total. The van der Waals surface area contributed by atoms with Crippen molar-refractivity contribution < 1.29 is 17.7 Å². The van der Waals surface area contributed by atoms with Crippen LogP contribution >= 0.6 is 0 Å². The van der Waals surface area contributed by atoms with Gasteiger partial charge in [-0.05, 0) is 94.1 Å². The lowest BCUT2D eigenvalue weighted by atomic mass is 9.91. The van der Waals surface area contributed by atoms with Crippen molar-refractivity contribution in [3.8, 4) is 46.6 Å². The summed E-state index contributed by atoms with van der Waals surface area (Å²) < 4.78 is 27.9. The van der Waals surface area contributed by atoms with E-state index in [9.17, 15) is 0 Å². The maximum atomic E-state index is 7.01. The molecule has 10 heteroatoms. The number of hydrogen-bond donors (Lipinski definition) is 0. The molecule has 0 amide bonds. The second-order valence-electron chi connectivity index (χ2n) is 27.5. The third kappa shape index (κ3) is 17.1. The number of benzene rings is 3. The number of rotatable bonds is 12. The van der Waals surface area contributed by atoms with Gasteiger partial charge >= 0.3 is 0 Å². The van der Waals surface area contributed by atoms with Gasteiger partial charge in [0.05, 0.1) is 26.4 Å². The largest absolute Gasteiger partial charge is 0.412 e. The maximum Gasteiger partial charge on any atom is 0.192 e. The SMILES string of the molecule is CC(C)(C)[Si](C)(C)OC/C(C#Cc1c2ccccc2c(C#C/C(CO[Si](C)(C)C(C)(C)C)=C(/C#C[Si](C)(C)C)CO[Si](C)(C)C(C)(C)C)c2ccccc12)=C(\C#C[Si](C)(C)C)CO[Si](C)(C)C(C)(C)C. The lowest BCUT2D eigenvalue weighted by Crippen LogP contribution is -2.42. The first-order valence-electron chi connectivity index (χ1n) is 25.5. The first kappa shape index (κ1) is 61.3. The van der Waals surface area contributed by atoms with E-state index in [0.29, 0.717) is 26.4 Å². The molecule has 3 aromatic rings. The molecule has 0 radical (unpaired) electrons. The van der Waals surface area contributed by atoms with Gasteiger partial charge in [0.25, 0.3) is 0 Å². The molecule has 0 heterocycles. The van der Waals surface area contributed by atoms with Gasteiger partial charge in [-0.15, -0.1) is 11.1 Å². The number of fused-ring (bicyclic) bond motifs is 2. The van der Waals surface area contributed by atoms with Gasteiger partial charge < -0.3 is 17.7 Å². The zero-order valence-corrected chi connectivity index (χ0v) is 55.1. The van der Waals surface area contributed by atoms with Gasteiger partial charge in [-0.2, -0.15) is 0 Å². The fourth-order valence-electron chi connectivity index (χ4n) is 5.87. The van der Waals surface area contributed by atoms with E-state index >= 15 is 0 Å². The molecule has 0 saturated heterocycles. The minimum Gasteiger partial charge on any atom is -0.412 e. The first-order chi connectivity index (χ1) is 31.5. The van der Waals surface area contributed by atoms with Gasteiger partial charge in [0, 0.05) is 33.4 Å². The summed E-state index contributed by atoms with van der Waals surface area (Å²) in [7, 11) is -12.1. The van der Waals surface area contributed by atoms with Crippen LogP contribution in [0.15, 0.2) is 70.8 Å². The minimum absolute atomic E-state index is 0.0297. The van der Waals surface area contributed by atoms with Crippen LogP contribution in [0.25, 0.3) is 21.5 Å². The van der Waals surface area contributed by atoms with Crippen LogP contribution < -0.4 is 0 Å². The molecular formula is C60H94O4Si6. The van der Waals surface area contributed by atoms with Gasteiger partial charge in [-0.3, -0.25) is 0 Å². The molecule has 4 nitrogen and oxygen atoms in total. The van der Waals surface area contributed by atoms with Crippen LogP contribution in [0.5, 0.6) is 0 Å². The highest BCUT2D eigenvalue weighted by Crippen LogP contribution is 2.41. The zero-order chi connectivity index (χ0) is 53.7. The highest BCUT2D eigenvalue weighted by atomic mass is 28.4. The fraction of sp³-hybridized carbons (Fsp3) is 0.567. The van der Waals surface area contributed by atoms with Crippen LogP contribution in [0, 0.1) is 46.6 Å². The van der Waals surface area contributed by atoms with Crippen LogP contribution in [0.1, 0.15) is 94.2 Å². The summed E-state index contributed by atoms with van der Waals surface area (Å²) in [5.41, 5.74) is 12.9. The van der Waals surface area contributed by atoms with E-state index < -0.39 is 49.4 Å². The average molecular weight is 1050 g/mol. The quantitative estimate of drug-likeness (QED) is 0.103. The molecule has 0 aromatic heterocycles. The molecule has 0 bridgehead atoms. The van der Waals surface area contributed by atoms with Gasteiger partial charge in [0.15, 0.2) is 33.3 Å². The monoisotopic (exact) mass is 1050 g/mol.